The molecule has 1 atom stereocenters. The minimum atomic E-state index is -4.23. The van der Waals surface area contributed by atoms with Crippen molar-refractivity contribution in [1.82, 2.24) is 10.2 Å². The fourth-order valence-electron chi connectivity index (χ4n) is 4.69. The number of amides is 2. The van der Waals surface area contributed by atoms with E-state index in [4.69, 9.17) is 27.9 Å². The quantitative estimate of drug-likeness (QED) is 0.206. The fourth-order valence-corrected chi connectivity index (χ4v) is 6.41. The van der Waals surface area contributed by atoms with E-state index in [0.717, 1.165) is 15.4 Å². The van der Waals surface area contributed by atoms with Crippen LogP contribution in [0.3, 0.4) is 0 Å². The predicted molar refractivity (Wildman–Crippen MR) is 174 cm³/mol. The largest absolute Gasteiger partial charge is 0.497 e. The van der Waals surface area contributed by atoms with E-state index >= 15 is 0 Å². The summed E-state index contributed by atoms with van der Waals surface area (Å²) >= 11 is 12.4. The highest BCUT2D eigenvalue weighted by Crippen LogP contribution is 2.29. The average molecular weight is 655 g/mol. The van der Waals surface area contributed by atoms with Gasteiger partial charge in [-0.1, -0.05) is 83.4 Å². The minimum Gasteiger partial charge on any atom is -0.497 e. The van der Waals surface area contributed by atoms with Crippen molar-refractivity contribution in [3.63, 3.8) is 0 Å². The molecule has 0 aliphatic carbocycles. The number of nitrogens with zero attached hydrogens (tertiary/aromatic N) is 2. The molecule has 1 unspecified atom stereocenters. The molecule has 4 aromatic rings. The predicted octanol–water partition coefficient (Wildman–Crippen LogP) is 5.89. The van der Waals surface area contributed by atoms with E-state index in [1.165, 1.54) is 31.2 Å². The Hall–Kier alpha value is -4.05. The van der Waals surface area contributed by atoms with Crippen LogP contribution in [0, 0.1) is 6.92 Å². The molecule has 0 saturated heterocycles. The standard InChI is InChI=1S/C33H33Cl2N3O5S/c1-23-12-15-28(16-13-23)44(41,42)38(26-10-7-11-27(20-26)43-3)22-32(39)37(21-25-14-17-29(34)30(35)18-25)31(33(40)36-2)19-24-8-5-4-6-9-24/h4-18,20,31H,19,21-22H2,1-3H3,(H,36,40). The van der Waals surface area contributed by atoms with Crippen LogP contribution in [0.2, 0.25) is 10.0 Å². The van der Waals surface area contributed by atoms with Gasteiger partial charge in [0.05, 0.1) is 27.7 Å². The van der Waals surface area contributed by atoms with Crippen LogP contribution in [0.15, 0.2) is 102 Å². The Morgan fingerprint density at radius 3 is 2.20 bits per heavy atom. The van der Waals surface area contributed by atoms with Crippen molar-refractivity contribution in [2.45, 2.75) is 30.8 Å². The van der Waals surface area contributed by atoms with Crippen LogP contribution in [0.4, 0.5) is 5.69 Å². The molecule has 0 heterocycles. The number of hydrogen-bond acceptors (Lipinski definition) is 5. The van der Waals surface area contributed by atoms with E-state index in [2.05, 4.69) is 5.32 Å². The van der Waals surface area contributed by atoms with Crippen LogP contribution in [0.1, 0.15) is 16.7 Å². The van der Waals surface area contributed by atoms with Crippen LogP contribution in [0.5, 0.6) is 5.75 Å². The first-order valence-electron chi connectivity index (χ1n) is 13.8. The lowest BCUT2D eigenvalue weighted by atomic mass is 10.0. The number of carbonyl (C=O) groups is 2. The topological polar surface area (TPSA) is 96.0 Å². The van der Waals surface area contributed by atoms with Crippen LogP contribution in [0.25, 0.3) is 0 Å². The number of likely N-dealkylation sites (N-methyl/N-ethyl adjacent to an activating group) is 1. The molecule has 8 nitrogen and oxygen atoms in total. The highest BCUT2D eigenvalue weighted by Gasteiger charge is 2.34. The summed E-state index contributed by atoms with van der Waals surface area (Å²) in [5.41, 5.74) is 2.55. The zero-order valence-corrected chi connectivity index (χ0v) is 26.9. The van der Waals surface area contributed by atoms with Gasteiger partial charge in [0.15, 0.2) is 0 Å². The van der Waals surface area contributed by atoms with Crippen molar-refractivity contribution >= 4 is 50.7 Å². The number of nitrogens with one attached hydrogen (secondary N) is 1. The summed E-state index contributed by atoms with van der Waals surface area (Å²) in [6.07, 6.45) is 0.192. The van der Waals surface area contributed by atoms with Gasteiger partial charge in [-0.2, -0.15) is 0 Å². The lowest BCUT2D eigenvalue weighted by Crippen LogP contribution is -2.53. The molecule has 4 rings (SSSR count). The first-order valence-corrected chi connectivity index (χ1v) is 16.0. The van der Waals surface area contributed by atoms with Gasteiger partial charge in [0.1, 0.15) is 18.3 Å². The van der Waals surface area contributed by atoms with Gasteiger partial charge in [0, 0.05) is 26.1 Å². The molecular formula is C33H33Cl2N3O5S. The van der Waals surface area contributed by atoms with Crippen molar-refractivity contribution in [1.29, 1.82) is 0 Å². The van der Waals surface area contributed by atoms with Crippen molar-refractivity contribution in [2.75, 3.05) is 25.0 Å². The summed E-state index contributed by atoms with van der Waals surface area (Å²) in [7, 11) is -1.26. The van der Waals surface area contributed by atoms with Gasteiger partial charge in [-0.15, -0.1) is 0 Å². The van der Waals surface area contributed by atoms with Gasteiger partial charge < -0.3 is 15.0 Å². The number of methoxy groups -OCH3 is 1. The highest BCUT2D eigenvalue weighted by atomic mass is 35.5. The molecule has 0 aromatic heterocycles. The molecule has 0 aliphatic heterocycles. The van der Waals surface area contributed by atoms with Gasteiger partial charge in [-0.05, 0) is 54.4 Å². The van der Waals surface area contributed by atoms with Gasteiger partial charge in [-0.25, -0.2) is 8.42 Å². The molecule has 11 heteroatoms. The number of halogens is 2. The minimum absolute atomic E-state index is 0.0156. The summed E-state index contributed by atoms with van der Waals surface area (Å²) in [4.78, 5) is 29.1. The summed E-state index contributed by atoms with van der Waals surface area (Å²) in [5.74, 6) is -0.588. The SMILES string of the molecule is CNC(=O)C(Cc1ccccc1)N(Cc1ccc(Cl)c(Cl)c1)C(=O)CN(c1cccc(OC)c1)S(=O)(=O)c1ccc(C)cc1. The number of aryl methyl sites for hydroxylation is 1. The molecule has 0 bridgehead atoms. The molecule has 1 N–H and O–H groups in total. The normalized spacial score (nSPS) is 11.8. The maximum Gasteiger partial charge on any atom is 0.264 e. The lowest BCUT2D eigenvalue weighted by molar-refractivity contribution is -0.139. The first-order chi connectivity index (χ1) is 21.0. The van der Waals surface area contributed by atoms with Crippen molar-refractivity contribution in [2.24, 2.45) is 0 Å². The second-order valence-electron chi connectivity index (χ2n) is 10.1. The average Bonchev–Trinajstić information content (AvgIpc) is 3.03. The van der Waals surface area contributed by atoms with E-state index in [0.29, 0.717) is 16.3 Å². The smallest absolute Gasteiger partial charge is 0.264 e. The Kier molecular flexibility index (Phi) is 10.9. The fraction of sp³-hybridized carbons (Fsp3) is 0.212. The number of ether oxygens (including phenoxy) is 1. The molecule has 0 aliphatic rings. The number of sulfonamides is 1. The molecule has 0 spiro atoms. The van der Waals surface area contributed by atoms with E-state index in [9.17, 15) is 18.0 Å². The zero-order valence-electron chi connectivity index (χ0n) is 24.5. The Bertz CT molecular complexity index is 1720. The van der Waals surface area contributed by atoms with Crippen LogP contribution >= 0.6 is 23.2 Å². The number of benzene rings is 4. The second-order valence-corrected chi connectivity index (χ2v) is 12.8. The van der Waals surface area contributed by atoms with Gasteiger partial charge >= 0.3 is 0 Å². The van der Waals surface area contributed by atoms with Crippen LogP contribution in [-0.4, -0.2) is 51.9 Å². The van der Waals surface area contributed by atoms with Crippen LogP contribution in [-0.2, 0) is 32.6 Å². The number of carbonyl (C=O) groups excluding carboxylic acids is 2. The summed E-state index contributed by atoms with van der Waals surface area (Å²) < 4.78 is 34.6. The lowest BCUT2D eigenvalue weighted by Gasteiger charge is -2.33. The molecule has 4 aromatic carbocycles. The van der Waals surface area contributed by atoms with Crippen molar-refractivity contribution < 1.29 is 22.7 Å². The maximum absolute atomic E-state index is 14.4. The molecule has 0 saturated carbocycles. The zero-order chi connectivity index (χ0) is 31.9. The maximum atomic E-state index is 14.4. The van der Waals surface area contributed by atoms with E-state index in [1.54, 1.807) is 54.6 Å². The third-order valence-electron chi connectivity index (χ3n) is 7.08. The number of rotatable bonds is 12. The highest BCUT2D eigenvalue weighted by molar-refractivity contribution is 7.92. The second kappa shape index (κ2) is 14.6. The van der Waals surface area contributed by atoms with E-state index < -0.39 is 34.4 Å². The molecule has 230 valence electrons. The summed E-state index contributed by atoms with van der Waals surface area (Å²) in [6.45, 7) is 1.23. The summed E-state index contributed by atoms with van der Waals surface area (Å²) in [6, 6.07) is 26.1. The first kappa shape index (κ1) is 32.9. The van der Waals surface area contributed by atoms with E-state index in [-0.39, 0.29) is 28.6 Å². The molecular weight excluding hydrogens is 621 g/mol. The number of anilines is 1. The Morgan fingerprint density at radius 1 is 0.864 bits per heavy atom. The van der Waals surface area contributed by atoms with Crippen LogP contribution < -0.4 is 14.4 Å². The number of hydrogen-bond donors (Lipinski definition) is 1. The van der Waals surface area contributed by atoms with E-state index in [1.807, 2.05) is 37.3 Å². The van der Waals surface area contributed by atoms with Crippen molar-refractivity contribution in [3.8, 4) is 5.75 Å². The molecule has 2 amide bonds. The van der Waals surface area contributed by atoms with Gasteiger partial charge in [0.25, 0.3) is 10.0 Å². The molecule has 44 heavy (non-hydrogen) atoms. The third kappa shape index (κ3) is 7.91. The Morgan fingerprint density at radius 2 is 1.57 bits per heavy atom. The van der Waals surface area contributed by atoms with Crippen molar-refractivity contribution in [3.05, 3.63) is 124 Å². The van der Waals surface area contributed by atoms with Gasteiger partial charge in [0.2, 0.25) is 11.8 Å². The molecule has 0 fully saturated rings. The molecule has 0 radical (unpaired) electrons. The third-order valence-corrected chi connectivity index (χ3v) is 9.61. The summed E-state index contributed by atoms with van der Waals surface area (Å²) in [5, 5.41) is 3.29. The Balaban J connectivity index is 1.81. The monoisotopic (exact) mass is 653 g/mol. The Labute approximate surface area is 268 Å². The van der Waals surface area contributed by atoms with Gasteiger partial charge in [-0.3, -0.25) is 13.9 Å².